The Morgan fingerprint density at radius 2 is 1.76 bits per heavy atom. The molecule has 0 atom stereocenters. The summed E-state index contributed by atoms with van der Waals surface area (Å²) in [6, 6.07) is 7.13. The fraction of sp³-hybridized carbons (Fsp3) is 0.0769. The maximum absolute atomic E-state index is 13.6. The van der Waals surface area contributed by atoms with Gasteiger partial charge < -0.3 is 5.73 Å². The van der Waals surface area contributed by atoms with Gasteiger partial charge in [-0.05, 0) is 36.2 Å². The highest BCUT2D eigenvalue weighted by Gasteiger charge is 2.10. The zero-order valence-electron chi connectivity index (χ0n) is 9.10. The third-order valence-corrected chi connectivity index (χ3v) is 2.89. The number of rotatable bonds is 1. The van der Waals surface area contributed by atoms with Gasteiger partial charge in [-0.15, -0.1) is 0 Å². The van der Waals surface area contributed by atoms with Crippen LogP contribution in [0.3, 0.4) is 0 Å². The lowest BCUT2D eigenvalue weighted by molar-refractivity contribution is 0.579. The molecule has 0 radical (unpaired) electrons. The van der Waals surface area contributed by atoms with Crippen molar-refractivity contribution in [3.8, 4) is 11.1 Å². The van der Waals surface area contributed by atoms with Crippen LogP contribution in [0.2, 0.25) is 5.02 Å². The van der Waals surface area contributed by atoms with Crippen LogP contribution < -0.4 is 5.73 Å². The number of aryl methyl sites for hydroxylation is 1. The van der Waals surface area contributed by atoms with Crippen LogP contribution in [0, 0.1) is 18.6 Å². The molecule has 17 heavy (non-hydrogen) atoms. The predicted octanol–water partition coefficient (Wildman–Crippen LogP) is 4.18. The van der Waals surface area contributed by atoms with Gasteiger partial charge in [0.05, 0.1) is 10.7 Å². The van der Waals surface area contributed by atoms with E-state index in [0.717, 1.165) is 6.07 Å². The summed E-state index contributed by atoms with van der Waals surface area (Å²) < 4.78 is 26.8. The highest BCUT2D eigenvalue weighted by molar-refractivity contribution is 6.33. The summed E-state index contributed by atoms with van der Waals surface area (Å²) in [5, 5.41) is 0.351. The largest absolute Gasteiger partial charge is 0.398 e. The van der Waals surface area contributed by atoms with E-state index in [2.05, 4.69) is 0 Å². The van der Waals surface area contributed by atoms with Gasteiger partial charge >= 0.3 is 0 Å². The molecule has 0 spiro atoms. The van der Waals surface area contributed by atoms with Crippen LogP contribution in [0.1, 0.15) is 5.56 Å². The number of anilines is 1. The van der Waals surface area contributed by atoms with Crippen molar-refractivity contribution in [2.75, 3.05) is 5.73 Å². The monoisotopic (exact) mass is 253 g/mol. The molecule has 0 saturated heterocycles. The molecule has 88 valence electrons. The molecule has 1 nitrogen and oxygen atoms in total. The van der Waals surface area contributed by atoms with E-state index in [1.54, 1.807) is 25.1 Å². The van der Waals surface area contributed by atoms with Crippen LogP contribution in [0.5, 0.6) is 0 Å². The van der Waals surface area contributed by atoms with Gasteiger partial charge in [-0.1, -0.05) is 17.7 Å². The average Bonchev–Trinajstić information content (AvgIpc) is 2.27. The van der Waals surface area contributed by atoms with Crippen molar-refractivity contribution in [3.05, 3.63) is 52.6 Å². The van der Waals surface area contributed by atoms with Crippen LogP contribution in [0.15, 0.2) is 30.3 Å². The van der Waals surface area contributed by atoms with Crippen molar-refractivity contribution in [1.82, 2.24) is 0 Å². The van der Waals surface area contributed by atoms with E-state index in [9.17, 15) is 8.78 Å². The van der Waals surface area contributed by atoms with Gasteiger partial charge in [-0.3, -0.25) is 0 Å². The standard InChI is InChI=1S/C13H10ClF2N/c1-7-4-9(12(16)6-11(7)15)8-2-3-13(17)10(14)5-8/h2-6H,17H2,1H3. The van der Waals surface area contributed by atoms with Crippen LogP contribution >= 0.6 is 11.6 Å². The molecule has 2 rings (SSSR count). The highest BCUT2D eigenvalue weighted by Crippen LogP contribution is 2.30. The maximum atomic E-state index is 13.6. The Kier molecular flexibility index (Phi) is 3.03. The average molecular weight is 254 g/mol. The molecule has 0 aliphatic carbocycles. The molecule has 0 fully saturated rings. The second-order valence-corrected chi connectivity index (χ2v) is 4.22. The Labute approximate surface area is 103 Å². The van der Waals surface area contributed by atoms with E-state index >= 15 is 0 Å². The summed E-state index contributed by atoms with van der Waals surface area (Å²) >= 11 is 5.87. The highest BCUT2D eigenvalue weighted by atomic mass is 35.5. The van der Waals surface area contributed by atoms with Crippen molar-refractivity contribution in [2.24, 2.45) is 0 Å². The predicted molar refractivity (Wildman–Crippen MR) is 66.0 cm³/mol. The van der Waals surface area contributed by atoms with Gasteiger partial charge in [0.2, 0.25) is 0 Å². The first-order chi connectivity index (χ1) is 7.99. The van der Waals surface area contributed by atoms with E-state index in [0.29, 0.717) is 27.4 Å². The lowest BCUT2D eigenvalue weighted by Gasteiger charge is -2.07. The zero-order valence-corrected chi connectivity index (χ0v) is 9.85. The first kappa shape index (κ1) is 11.9. The van der Waals surface area contributed by atoms with Crippen LogP contribution in [0.4, 0.5) is 14.5 Å². The third-order valence-electron chi connectivity index (χ3n) is 2.56. The Balaban J connectivity index is 2.60. The van der Waals surface area contributed by atoms with Gasteiger partial charge in [0.15, 0.2) is 0 Å². The number of benzene rings is 2. The molecule has 0 aromatic heterocycles. The van der Waals surface area contributed by atoms with Crippen molar-refractivity contribution in [1.29, 1.82) is 0 Å². The van der Waals surface area contributed by atoms with Crippen molar-refractivity contribution in [2.45, 2.75) is 6.92 Å². The molecule has 2 aromatic rings. The van der Waals surface area contributed by atoms with Gasteiger partial charge in [0, 0.05) is 11.6 Å². The Morgan fingerprint density at radius 1 is 1.06 bits per heavy atom. The molecule has 0 saturated carbocycles. The molecule has 0 amide bonds. The first-order valence-corrected chi connectivity index (χ1v) is 5.38. The van der Waals surface area contributed by atoms with Gasteiger partial charge in [-0.2, -0.15) is 0 Å². The van der Waals surface area contributed by atoms with Gasteiger partial charge in [0.1, 0.15) is 11.6 Å². The second-order valence-electron chi connectivity index (χ2n) is 3.82. The summed E-state index contributed by atoms with van der Waals surface area (Å²) in [7, 11) is 0. The lowest BCUT2D eigenvalue weighted by atomic mass is 10.0. The van der Waals surface area contributed by atoms with Crippen molar-refractivity contribution < 1.29 is 8.78 Å². The molecule has 0 bridgehead atoms. The van der Waals surface area contributed by atoms with E-state index in [-0.39, 0.29) is 0 Å². The van der Waals surface area contributed by atoms with Crippen LogP contribution in [-0.4, -0.2) is 0 Å². The van der Waals surface area contributed by atoms with Crippen molar-refractivity contribution in [3.63, 3.8) is 0 Å². The Morgan fingerprint density at radius 3 is 2.41 bits per heavy atom. The molecule has 2 aromatic carbocycles. The van der Waals surface area contributed by atoms with Crippen molar-refractivity contribution >= 4 is 17.3 Å². The second kappa shape index (κ2) is 4.34. The van der Waals surface area contributed by atoms with Gasteiger partial charge in [-0.25, -0.2) is 8.78 Å². The third kappa shape index (κ3) is 2.24. The van der Waals surface area contributed by atoms with Crippen LogP contribution in [0.25, 0.3) is 11.1 Å². The maximum Gasteiger partial charge on any atom is 0.133 e. The lowest BCUT2D eigenvalue weighted by Crippen LogP contribution is -1.92. The molecule has 2 N–H and O–H groups in total. The normalized spacial score (nSPS) is 10.6. The number of nitrogens with two attached hydrogens (primary N) is 1. The number of hydrogen-bond donors (Lipinski definition) is 1. The molecule has 0 aliphatic rings. The fourth-order valence-electron chi connectivity index (χ4n) is 1.57. The quantitative estimate of drug-likeness (QED) is 0.758. The minimum absolute atomic E-state index is 0.311. The summed E-state index contributed by atoms with van der Waals surface area (Å²) in [5.41, 5.74) is 7.27. The Hall–Kier alpha value is -1.61. The summed E-state index contributed by atoms with van der Waals surface area (Å²) in [5.74, 6) is -1.18. The summed E-state index contributed by atoms with van der Waals surface area (Å²) in [6.45, 7) is 1.58. The topological polar surface area (TPSA) is 26.0 Å². The molecular weight excluding hydrogens is 244 g/mol. The Bertz CT molecular complexity index is 582. The minimum atomic E-state index is -0.617. The summed E-state index contributed by atoms with van der Waals surface area (Å²) in [4.78, 5) is 0. The van der Waals surface area contributed by atoms with Gasteiger partial charge in [0.25, 0.3) is 0 Å². The molecule has 0 aliphatic heterocycles. The number of halogens is 3. The smallest absolute Gasteiger partial charge is 0.133 e. The van der Waals surface area contributed by atoms with E-state index < -0.39 is 11.6 Å². The molecule has 4 heteroatoms. The number of hydrogen-bond acceptors (Lipinski definition) is 1. The van der Waals surface area contributed by atoms with E-state index in [1.807, 2.05) is 0 Å². The van der Waals surface area contributed by atoms with E-state index in [1.165, 1.54) is 6.07 Å². The molecule has 0 heterocycles. The first-order valence-electron chi connectivity index (χ1n) is 5.00. The zero-order chi connectivity index (χ0) is 12.6. The van der Waals surface area contributed by atoms with Crippen LogP contribution in [-0.2, 0) is 0 Å². The molecule has 0 unspecified atom stereocenters. The number of nitrogen functional groups attached to an aromatic ring is 1. The fourth-order valence-corrected chi connectivity index (χ4v) is 1.75. The molecular formula is C13H10ClF2N. The minimum Gasteiger partial charge on any atom is -0.398 e. The SMILES string of the molecule is Cc1cc(-c2ccc(N)c(Cl)c2)c(F)cc1F. The van der Waals surface area contributed by atoms with E-state index in [4.69, 9.17) is 17.3 Å². The summed E-state index contributed by atoms with van der Waals surface area (Å²) in [6.07, 6.45) is 0.